The van der Waals surface area contributed by atoms with Gasteiger partial charge in [-0.3, -0.25) is 14.4 Å². The van der Waals surface area contributed by atoms with E-state index in [2.05, 4.69) is 0 Å². The summed E-state index contributed by atoms with van der Waals surface area (Å²) in [6.07, 6.45) is -4.54. The predicted molar refractivity (Wildman–Crippen MR) is 112 cm³/mol. The first kappa shape index (κ1) is 23.1. The number of benzene rings is 2. The maximum atomic E-state index is 14.5. The molecule has 0 bridgehead atoms. The van der Waals surface area contributed by atoms with Crippen molar-refractivity contribution in [2.75, 3.05) is 18.5 Å². The van der Waals surface area contributed by atoms with Crippen LogP contribution < -0.4 is 15.8 Å². The molecule has 1 aliphatic rings. The van der Waals surface area contributed by atoms with Crippen LogP contribution in [-0.2, 0) is 17.5 Å². The number of carboxylic acid groups (broad SMARTS) is 1. The number of hydrogen-bond donors (Lipinski definition) is 3. The molecule has 0 fully saturated rings. The van der Waals surface area contributed by atoms with E-state index in [4.69, 9.17) is 5.11 Å². The highest BCUT2D eigenvalue weighted by Crippen LogP contribution is 2.41. The number of rotatable bonds is 4. The second-order valence-corrected chi connectivity index (χ2v) is 7.78. The van der Waals surface area contributed by atoms with Crippen LogP contribution in [0.15, 0.2) is 41.2 Å². The van der Waals surface area contributed by atoms with Gasteiger partial charge < -0.3 is 25.0 Å². The summed E-state index contributed by atoms with van der Waals surface area (Å²) in [5.74, 6) is -4.14. The largest absolute Gasteiger partial charge is 0.506 e. The minimum atomic E-state index is -4.54. The van der Waals surface area contributed by atoms with Gasteiger partial charge in [0.15, 0.2) is 0 Å². The molecule has 1 amide bonds. The van der Waals surface area contributed by atoms with Crippen molar-refractivity contribution in [2.24, 2.45) is 0 Å². The predicted octanol–water partition coefficient (Wildman–Crippen LogP) is 2.87. The number of likely N-dealkylation sites (N-methyl/N-ethyl adjacent to an activating group) is 1. The zero-order valence-electron chi connectivity index (χ0n) is 17.5. The number of carboxylic acids is 1. The highest BCUT2D eigenvalue weighted by molar-refractivity contribution is 6.05. The molecule has 0 saturated carbocycles. The molecule has 0 aliphatic carbocycles. The maximum absolute atomic E-state index is 14.5. The van der Waals surface area contributed by atoms with E-state index in [-0.39, 0.29) is 23.1 Å². The molecule has 1 aromatic heterocycles. The molecule has 3 aromatic rings. The Labute approximate surface area is 188 Å². The van der Waals surface area contributed by atoms with Crippen molar-refractivity contribution in [2.45, 2.75) is 18.8 Å². The van der Waals surface area contributed by atoms with Crippen LogP contribution in [0.3, 0.4) is 0 Å². The van der Waals surface area contributed by atoms with Crippen LogP contribution in [-0.4, -0.2) is 40.2 Å². The molecule has 1 unspecified atom stereocenters. The number of aliphatic carboxylic acids is 1. The third kappa shape index (κ3) is 3.80. The molecular formula is C22H17F4N3O5. The number of nitrogens with zero attached hydrogens (tertiary/aromatic N) is 2. The Balaban J connectivity index is 1.88. The van der Waals surface area contributed by atoms with E-state index < -0.39 is 58.9 Å². The molecule has 0 radical (unpaired) electrons. The van der Waals surface area contributed by atoms with Gasteiger partial charge in [-0.15, -0.1) is 0 Å². The number of aromatic hydroxyl groups is 1. The number of alkyl halides is 3. The summed E-state index contributed by atoms with van der Waals surface area (Å²) in [5, 5.41) is 21.2. The monoisotopic (exact) mass is 479 g/mol. The number of carbonyl (C=O) groups excluding carboxylic acids is 1. The number of carbonyl (C=O) groups is 2. The van der Waals surface area contributed by atoms with Crippen molar-refractivity contribution in [1.82, 2.24) is 9.88 Å². The van der Waals surface area contributed by atoms with E-state index >= 15 is 0 Å². The summed E-state index contributed by atoms with van der Waals surface area (Å²) in [6, 6.07) is 5.61. The first-order valence-corrected chi connectivity index (χ1v) is 9.89. The van der Waals surface area contributed by atoms with Crippen LogP contribution in [0, 0.1) is 5.82 Å². The molecule has 1 atom stereocenters. The van der Waals surface area contributed by atoms with Crippen molar-refractivity contribution >= 4 is 28.5 Å². The molecular weight excluding hydrogens is 462 g/mol. The van der Waals surface area contributed by atoms with Crippen LogP contribution in [0.5, 0.6) is 5.75 Å². The van der Waals surface area contributed by atoms with Gasteiger partial charge >= 0.3 is 12.1 Å². The molecule has 4 rings (SSSR count). The van der Waals surface area contributed by atoms with Gasteiger partial charge in [-0.25, -0.2) is 4.39 Å². The minimum Gasteiger partial charge on any atom is -0.506 e. The van der Waals surface area contributed by atoms with Crippen molar-refractivity contribution < 1.29 is 37.4 Å². The molecule has 3 N–H and O–H groups in total. The van der Waals surface area contributed by atoms with Crippen LogP contribution in [0.1, 0.15) is 27.5 Å². The van der Waals surface area contributed by atoms with Crippen molar-refractivity contribution in [1.29, 1.82) is 0 Å². The third-order valence-corrected chi connectivity index (χ3v) is 5.73. The first-order chi connectivity index (χ1) is 15.9. The smallest absolute Gasteiger partial charge is 0.416 e. The zero-order valence-corrected chi connectivity index (χ0v) is 17.5. The van der Waals surface area contributed by atoms with E-state index in [0.717, 1.165) is 28.8 Å². The highest BCUT2D eigenvalue weighted by Gasteiger charge is 2.34. The molecule has 8 nitrogen and oxygen atoms in total. The summed E-state index contributed by atoms with van der Waals surface area (Å²) >= 11 is 0. The molecule has 0 saturated heterocycles. The van der Waals surface area contributed by atoms with E-state index in [0.29, 0.717) is 5.56 Å². The Morgan fingerprint density at radius 1 is 1.18 bits per heavy atom. The number of aromatic nitrogens is 1. The fourth-order valence-electron chi connectivity index (χ4n) is 4.10. The summed E-state index contributed by atoms with van der Waals surface area (Å²) in [7, 11) is 1.56. The van der Waals surface area contributed by atoms with Gasteiger partial charge in [0, 0.05) is 12.4 Å². The lowest BCUT2D eigenvalue weighted by Gasteiger charge is -2.37. The lowest BCUT2D eigenvalue weighted by atomic mass is 9.98. The normalized spacial score (nSPS) is 15.4. The number of nitrogens with one attached hydrogen (secondary N) is 1. The van der Waals surface area contributed by atoms with Gasteiger partial charge in [0.2, 0.25) is 0 Å². The maximum Gasteiger partial charge on any atom is 0.416 e. The van der Waals surface area contributed by atoms with Gasteiger partial charge in [-0.2, -0.15) is 13.2 Å². The van der Waals surface area contributed by atoms with Gasteiger partial charge in [0.05, 0.1) is 29.4 Å². The van der Waals surface area contributed by atoms with Gasteiger partial charge in [-0.1, -0.05) is 12.1 Å². The average molecular weight is 479 g/mol. The Morgan fingerprint density at radius 2 is 1.82 bits per heavy atom. The van der Waals surface area contributed by atoms with E-state index in [1.54, 1.807) is 11.9 Å². The van der Waals surface area contributed by atoms with Crippen LogP contribution in [0.25, 0.3) is 10.9 Å². The summed E-state index contributed by atoms with van der Waals surface area (Å²) in [5.41, 5.74) is -1.87. The van der Waals surface area contributed by atoms with E-state index in [9.17, 15) is 37.1 Å². The molecule has 2 aromatic carbocycles. The Hall–Kier alpha value is -4.09. The van der Waals surface area contributed by atoms with E-state index in [1.165, 1.54) is 12.1 Å². The quantitative estimate of drug-likeness (QED) is 0.497. The lowest BCUT2D eigenvalue weighted by molar-refractivity contribution is -0.138. The van der Waals surface area contributed by atoms with Crippen LogP contribution in [0.2, 0.25) is 0 Å². The molecule has 2 heterocycles. The van der Waals surface area contributed by atoms with E-state index in [1.807, 2.05) is 5.32 Å². The molecule has 12 heteroatoms. The van der Waals surface area contributed by atoms with Crippen molar-refractivity contribution in [3.8, 4) is 5.75 Å². The lowest BCUT2D eigenvalue weighted by Crippen LogP contribution is -2.41. The number of halogens is 4. The van der Waals surface area contributed by atoms with Gasteiger partial charge in [-0.05, 0) is 29.8 Å². The van der Waals surface area contributed by atoms with Crippen LogP contribution in [0.4, 0.5) is 23.2 Å². The topological polar surface area (TPSA) is 112 Å². The molecule has 178 valence electrons. The number of hydrogen-bond acceptors (Lipinski definition) is 5. The number of pyridine rings is 1. The second kappa shape index (κ2) is 8.04. The summed E-state index contributed by atoms with van der Waals surface area (Å²) in [4.78, 5) is 38.0. The number of amides is 1. The fourth-order valence-corrected chi connectivity index (χ4v) is 4.10. The standard InChI is InChI=1S/C22H17F4N3O5/c1-28-14-7-12(23)6-13-18(14)29(21(34)17(19(13)32)20(33)27-8-16(30)31)9-15(28)10-2-4-11(5-3-10)22(24,25)26/h2-7,15,32H,8-9H2,1H3,(H,27,33)(H,30,31). The third-order valence-electron chi connectivity index (χ3n) is 5.73. The Kier molecular flexibility index (Phi) is 5.46. The highest BCUT2D eigenvalue weighted by atomic mass is 19.4. The Morgan fingerprint density at radius 3 is 2.41 bits per heavy atom. The summed E-state index contributed by atoms with van der Waals surface area (Å²) < 4.78 is 54.5. The SMILES string of the molecule is CN1c2cc(F)cc3c(O)c(C(=O)NCC(=O)O)c(=O)n(c23)CC1c1ccc(C(F)(F)F)cc1. The second-order valence-electron chi connectivity index (χ2n) is 7.78. The van der Waals surface area contributed by atoms with Gasteiger partial charge in [0.1, 0.15) is 23.7 Å². The fraction of sp³-hybridized carbons (Fsp3) is 0.227. The van der Waals surface area contributed by atoms with Crippen LogP contribution >= 0.6 is 0 Å². The van der Waals surface area contributed by atoms with Gasteiger partial charge in [0.25, 0.3) is 11.5 Å². The molecule has 34 heavy (non-hydrogen) atoms. The minimum absolute atomic E-state index is 0.129. The Bertz CT molecular complexity index is 1380. The first-order valence-electron chi connectivity index (χ1n) is 9.89. The molecule has 1 aliphatic heterocycles. The van der Waals surface area contributed by atoms with Crippen molar-refractivity contribution in [3.63, 3.8) is 0 Å². The number of anilines is 1. The zero-order chi connectivity index (χ0) is 24.9. The summed E-state index contributed by atoms with van der Waals surface area (Å²) in [6.45, 7) is -0.948. The van der Waals surface area contributed by atoms with Crippen molar-refractivity contribution in [3.05, 3.63) is 69.3 Å². The average Bonchev–Trinajstić information content (AvgIpc) is 2.76. The molecule has 0 spiro atoms.